The van der Waals surface area contributed by atoms with Gasteiger partial charge in [-0.2, -0.15) is 0 Å². The van der Waals surface area contributed by atoms with Crippen LogP contribution in [0.2, 0.25) is 0 Å². The normalized spacial score (nSPS) is 26.1. The molecule has 0 spiro atoms. The number of nitrogens with one attached hydrogen (secondary N) is 1. The minimum atomic E-state index is -0.175. The first-order valence-corrected chi connectivity index (χ1v) is 8.28. The van der Waals surface area contributed by atoms with Crippen LogP contribution in [0, 0.1) is 15.3 Å². The Bertz CT molecular complexity index is 708. The zero-order valence-electron chi connectivity index (χ0n) is 11.4. The van der Waals surface area contributed by atoms with Crippen molar-refractivity contribution in [3.05, 3.63) is 75.1 Å². The zero-order chi connectivity index (χ0) is 14.4. The number of benzene rings is 2. The summed E-state index contributed by atoms with van der Waals surface area (Å²) in [4.78, 5) is 0. The first kappa shape index (κ1) is 13.3. The second-order valence-corrected chi connectivity index (χ2v) is 7.00. The standard InChI is InChI=1S/C18H15FIN/c19-12-6-4-11(5-7-12)18-15-3-1-2-14(15)16-10-13(20)8-9-17(16)21-18/h1-2,4-10,14-15,18,21H,3H2/t14-,15-,18+/m1/s1. The van der Waals surface area contributed by atoms with E-state index in [-0.39, 0.29) is 11.9 Å². The van der Waals surface area contributed by atoms with Gasteiger partial charge in [0.1, 0.15) is 5.82 Å². The van der Waals surface area contributed by atoms with Crippen LogP contribution in [0.1, 0.15) is 29.5 Å². The van der Waals surface area contributed by atoms with Crippen molar-refractivity contribution in [2.24, 2.45) is 5.92 Å². The molecule has 4 rings (SSSR count). The fourth-order valence-corrected chi connectivity index (χ4v) is 4.08. The van der Waals surface area contributed by atoms with E-state index in [4.69, 9.17) is 0 Å². The maximum absolute atomic E-state index is 13.2. The van der Waals surface area contributed by atoms with Gasteiger partial charge in [0.2, 0.25) is 0 Å². The molecule has 106 valence electrons. The number of halogens is 2. The molecule has 2 aliphatic rings. The number of allylic oxidation sites excluding steroid dienone is 2. The molecule has 0 aromatic heterocycles. The predicted molar refractivity (Wildman–Crippen MR) is 91.9 cm³/mol. The Balaban J connectivity index is 1.78. The topological polar surface area (TPSA) is 12.0 Å². The molecule has 0 unspecified atom stereocenters. The van der Waals surface area contributed by atoms with E-state index < -0.39 is 0 Å². The van der Waals surface area contributed by atoms with E-state index in [1.165, 1.54) is 20.4 Å². The fourth-order valence-electron chi connectivity index (χ4n) is 3.57. The van der Waals surface area contributed by atoms with Crippen molar-refractivity contribution in [1.82, 2.24) is 0 Å². The van der Waals surface area contributed by atoms with Gasteiger partial charge in [0.05, 0.1) is 6.04 Å². The van der Waals surface area contributed by atoms with Gasteiger partial charge in [0, 0.05) is 15.2 Å². The highest BCUT2D eigenvalue weighted by molar-refractivity contribution is 14.1. The van der Waals surface area contributed by atoms with Crippen molar-refractivity contribution < 1.29 is 4.39 Å². The Morgan fingerprint density at radius 2 is 1.90 bits per heavy atom. The highest BCUT2D eigenvalue weighted by Gasteiger charge is 2.37. The Morgan fingerprint density at radius 1 is 1.10 bits per heavy atom. The maximum atomic E-state index is 13.2. The van der Waals surface area contributed by atoms with Gasteiger partial charge in [-0.05, 0) is 76.4 Å². The molecule has 1 nitrogen and oxygen atoms in total. The van der Waals surface area contributed by atoms with Gasteiger partial charge < -0.3 is 5.32 Å². The lowest BCUT2D eigenvalue weighted by Gasteiger charge is -2.37. The zero-order valence-corrected chi connectivity index (χ0v) is 13.5. The largest absolute Gasteiger partial charge is 0.378 e. The molecule has 1 aliphatic carbocycles. The van der Waals surface area contributed by atoms with E-state index in [1.807, 2.05) is 12.1 Å². The molecule has 0 radical (unpaired) electrons. The average molecular weight is 391 g/mol. The van der Waals surface area contributed by atoms with E-state index in [1.54, 1.807) is 12.1 Å². The Kier molecular flexibility index (Phi) is 3.25. The van der Waals surface area contributed by atoms with Crippen molar-refractivity contribution in [2.45, 2.75) is 18.4 Å². The van der Waals surface area contributed by atoms with Gasteiger partial charge in [0.15, 0.2) is 0 Å². The molecular formula is C18H15FIN. The Labute approximate surface area is 137 Å². The molecule has 1 heterocycles. The van der Waals surface area contributed by atoms with Crippen LogP contribution in [0.3, 0.4) is 0 Å². The summed E-state index contributed by atoms with van der Waals surface area (Å²) < 4.78 is 14.4. The van der Waals surface area contributed by atoms with E-state index in [2.05, 4.69) is 58.3 Å². The summed E-state index contributed by atoms with van der Waals surface area (Å²) in [7, 11) is 0. The molecule has 1 N–H and O–H groups in total. The molecule has 0 saturated heterocycles. The molecule has 0 bridgehead atoms. The smallest absolute Gasteiger partial charge is 0.123 e. The third-order valence-electron chi connectivity index (χ3n) is 4.55. The lowest BCUT2D eigenvalue weighted by Crippen LogP contribution is -2.29. The van der Waals surface area contributed by atoms with E-state index >= 15 is 0 Å². The number of hydrogen-bond donors (Lipinski definition) is 1. The highest BCUT2D eigenvalue weighted by Crippen LogP contribution is 2.49. The maximum Gasteiger partial charge on any atom is 0.123 e. The Hall–Kier alpha value is -1.36. The summed E-state index contributed by atoms with van der Waals surface area (Å²) in [6.07, 6.45) is 5.68. The molecular weight excluding hydrogens is 376 g/mol. The van der Waals surface area contributed by atoms with Crippen LogP contribution in [0.5, 0.6) is 0 Å². The number of hydrogen-bond acceptors (Lipinski definition) is 1. The fraction of sp³-hybridized carbons (Fsp3) is 0.222. The monoisotopic (exact) mass is 391 g/mol. The summed E-state index contributed by atoms with van der Waals surface area (Å²) in [6.45, 7) is 0. The van der Waals surface area contributed by atoms with Gasteiger partial charge in [-0.15, -0.1) is 0 Å². The average Bonchev–Trinajstić information content (AvgIpc) is 2.97. The molecule has 3 heteroatoms. The van der Waals surface area contributed by atoms with Gasteiger partial charge >= 0.3 is 0 Å². The van der Waals surface area contributed by atoms with Gasteiger partial charge in [-0.25, -0.2) is 4.39 Å². The van der Waals surface area contributed by atoms with Crippen LogP contribution in [0.25, 0.3) is 0 Å². The van der Waals surface area contributed by atoms with Gasteiger partial charge in [-0.1, -0.05) is 24.3 Å². The molecule has 3 atom stereocenters. The van der Waals surface area contributed by atoms with Crippen LogP contribution in [0.4, 0.5) is 10.1 Å². The first-order valence-electron chi connectivity index (χ1n) is 7.20. The van der Waals surface area contributed by atoms with Crippen LogP contribution in [-0.4, -0.2) is 0 Å². The van der Waals surface area contributed by atoms with Crippen LogP contribution < -0.4 is 5.32 Å². The summed E-state index contributed by atoms with van der Waals surface area (Å²) in [5, 5.41) is 3.67. The summed E-state index contributed by atoms with van der Waals surface area (Å²) in [6, 6.07) is 13.7. The van der Waals surface area contributed by atoms with E-state index in [9.17, 15) is 4.39 Å². The molecule has 1 aliphatic heterocycles. The predicted octanol–water partition coefficient (Wildman–Crippen LogP) is 5.26. The van der Waals surface area contributed by atoms with Crippen molar-refractivity contribution in [3.63, 3.8) is 0 Å². The van der Waals surface area contributed by atoms with Crippen molar-refractivity contribution in [2.75, 3.05) is 5.32 Å². The third kappa shape index (κ3) is 2.27. The summed E-state index contributed by atoms with van der Waals surface area (Å²) in [5.41, 5.74) is 3.76. The minimum Gasteiger partial charge on any atom is -0.378 e. The SMILES string of the molecule is Fc1ccc([C@@H]2Nc3ccc(I)cc3[C@@H]3C=CC[C@H]32)cc1. The highest BCUT2D eigenvalue weighted by atomic mass is 127. The van der Waals surface area contributed by atoms with E-state index in [0.29, 0.717) is 11.8 Å². The number of rotatable bonds is 1. The molecule has 0 saturated carbocycles. The van der Waals surface area contributed by atoms with Gasteiger partial charge in [0.25, 0.3) is 0 Å². The number of fused-ring (bicyclic) bond motifs is 3. The van der Waals surface area contributed by atoms with Crippen LogP contribution >= 0.6 is 22.6 Å². The lowest BCUT2D eigenvalue weighted by molar-refractivity contribution is 0.425. The molecule has 0 amide bonds. The second kappa shape index (κ2) is 5.13. The van der Waals surface area contributed by atoms with Crippen molar-refractivity contribution in [1.29, 1.82) is 0 Å². The summed E-state index contributed by atoms with van der Waals surface area (Å²) in [5.74, 6) is 0.804. The number of anilines is 1. The second-order valence-electron chi connectivity index (χ2n) is 5.76. The van der Waals surface area contributed by atoms with Crippen molar-refractivity contribution >= 4 is 28.3 Å². The quantitative estimate of drug-likeness (QED) is 0.517. The van der Waals surface area contributed by atoms with Crippen LogP contribution in [-0.2, 0) is 0 Å². The molecule has 2 aromatic rings. The lowest BCUT2D eigenvalue weighted by atomic mass is 9.77. The first-order chi connectivity index (χ1) is 10.2. The van der Waals surface area contributed by atoms with E-state index in [0.717, 1.165) is 6.42 Å². The summed E-state index contributed by atoms with van der Waals surface area (Å²) >= 11 is 2.37. The van der Waals surface area contributed by atoms with Crippen LogP contribution in [0.15, 0.2) is 54.6 Å². The third-order valence-corrected chi connectivity index (χ3v) is 5.22. The minimum absolute atomic E-state index is 0.175. The molecule has 0 fully saturated rings. The molecule has 2 aromatic carbocycles. The van der Waals surface area contributed by atoms with Crippen molar-refractivity contribution in [3.8, 4) is 0 Å². The van der Waals surface area contributed by atoms with Gasteiger partial charge in [-0.3, -0.25) is 0 Å². The Morgan fingerprint density at radius 3 is 2.71 bits per heavy atom. The molecule has 21 heavy (non-hydrogen) atoms.